The average Bonchev–Trinajstić information content (AvgIpc) is 2.88. The summed E-state index contributed by atoms with van der Waals surface area (Å²) in [6.45, 7) is 5.96. The number of carbonyl (C=O) groups excluding carboxylic acids is 2. The van der Waals surface area contributed by atoms with E-state index in [0.29, 0.717) is 17.9 Å². The fourth-order valence-electron chi connectivity index (χ4n) is 3.88. The highest BCUT2D eigenvalue weighted by Crippen LogP contribution is 2.33. The van der Waals surface area contributed by atoms with E-state index in [0.717, 1.165) is 27.2 Å². The molecule has 0 fully saturated rings. The first-order valence-electron chi connectivity index (χ1n) is 11.9. The topological polar surface area (TPSA) is 67.9 Å². The van der Waals surface area contributed by atoms with Gasteiger partial charge in [-0.05, 0) is 70.2 Å². The number of rotatable bonds is 11. The zero-order valence-corrected chi connectivity index (χ0v) is 22.3. The first kappa shape index (κ1) is 26.5. The van der Waals surface area contributed by atoms with Crippen LogP contribution in [0.3, 0.4) is 0 Å². The fraction of sp³-hybridized carbons (Fsp3) is 0.357. The first-order chi connectivity index (χ1) is 16.9. The van der Waals surface area contributed by atoms with E-state index in [9.17, 15) is 9.59 Å². The summed E-state index contributed by atoms with van der Waals surface area (Å²) in [5.74, 6) is 0.850. The number of ether oxygens (including phenoxy) is 2. The van der Waals surface area contributed by atoms with Crippen molar-refractivity contribution in [1.82, 2.24) is 10.2 Å². The van der Waals surface area contributed by atoms with Gasteiger partial charge in [0.2, 0.25) is 5.91 Å². The van der Waals surface area contributed by atoms with Gasteiger partial charge in [-0.15, -0.1) is 0 Å². The molecule has 3 rings (SSSR count). The van der Waals surface area contributed by atoms with Crippen molar-refractivity contribution in [2.24, 2.45) is 0 Å². The molecule has 186 valence electrons. The lowest BCUT2D eigenvalue weighted by molar-refractivity contribution is -0.143. The van der Waals surface area contributed by atoms with Gasteiger partial charge in [-0.25, -0.2) is 0 Å². The Morgan fingerprint density at radius 2 is 1.80 bits per heavy atom. The molecule has 2 atom stereocenters. The summed E-state index contributed by atoms with van der Waals surface area (Å²) < 4.78 is 12.1. The SMILES string of the molecule is CCC(C)NC(=O)C(CC)N(Cc1cccc(OC)c1)C(=O)COc1ccc2ccccc2c1Br. The Bertz CT molecular complexity index is 1170. The van der Waals surface area contributed by atoms with E-state index in [2.05, 4.69) is 21.2 Å². The van der Waals surface area contributed by atoms with Crippen molar-refractivity contribution in [3.05, 3.63) is 70.7 Å². The maximum absolute atomic E-state index is 13.5. The number of hydrogen-bond donors (Lipinski definition) is 1. The molecule has 0 spiro atoms. The van der Waals surface area contributed by atoms with Crippen LogP contribution < -0.4 is 14.8 Å². The van der Waals surface area contributed by atoms with Crippen molar-refractivity contribution in [1.29, 1.82) is 0 Å². The summed E-state index contributed by atoms with van der Waals surface area (Å²) in [4.78, 5) is 28.2. The Balaban J connectivity index is 1.84. The largest absolute Gasteiger partial charge is 0.497 e. The Morgan fingerprint density at radius 3 is 2.51 bits per heavy atom. The van der Waals surface area contributed by atoms with Crippen LogP contribution in [0, 0.1) is 0 Å². The molecule has 0 aliphatic heterocycles. The third-order valence-electron chi connectivity index (χ3n) is 6.05. The minimum Gasteiger partial charge on any atom is -0.497 e. The number of nitrogens with zero attached hydrogens (tertiary/aromatic N) is 1. The molecule has 0 aliphatic carbocycles. The molecule has 1 N–H and O–H groups in total. The summed E-state index contributed by atoms with van der Waals surface area (Å²) in [7, 11) is 1.60. The number of methoxy groups -OCH3 is 1. The lowest BCUT2D eigenvalue weighted by Crippen LogP contribution is -2.51. The highest BCUT2D eigenvalue weighted by atomic mass is 79.9. The quantitative estimate of drug-likeness (QED) is 0.338. The normalized spacial score (nSPS) is 12.6. The predicted octanol–water partition coefficient (Wildman–Crippen LogP) is 5.71. The number of hydrogen-bond acceptors (Lipinski definition) is 4. The lowest BCUT2D eigenvalue weighted by atomic mass is 10.1. The molecule has 0 aromatic heterocycles. The van der Waals surface area contributed by atoms with Gasteiger partial charge < -0.3 is 19.7 Å². The van der Waals surface area contributed by atoms with E-state index in [-0.39, 0.29) is 31.0 Å². The van der Waals surface area contributed by atoms with Gasteiger partial charge in [0.15, 0.2) is 6.61 Å². The molecule has 0 saturated heterocycles. The highest BCUT2D eigenvalue weighted by molar-refractivity contribution is 9.10. The van der Waals surface area contributed by atoms with Crippen LogP contribution in [0.1, 0.15) is 39.2 Å². The smallest absolute Gasteiger partial charge is 0.261 e. The summed E-state index contributed by atoms with van der Waals surface area (Å²) in [5.41, 5.74) is 0.874. The minimum absolute atomic E-state index is 0.0233. The first-order valence-corrected chi connectivity index (χ1v) is 12.7. The number of halogens is 1. The van der Waals surface area contributed by atoms with E-state index in [1.54, 1.807) is 12.0 Å². The Labute approximate surface area is 215 Å². The third kappa shape index (κ3) is 6.75. The van der Waals surface area contributed by atoms with E-state index in [1.165, 1.54) is 0 Å². The maximum Gasteiger partial charge on any atom is 0.261 e. The number of amides is 2. The second kappa shape index (κ2) is 12.6. The summed E-state index contributed by atoms with van der Waals surface area (Å²) in [5, 5.41) is 5.10. The van der Waals surface area contributed by atoms with Crippen molar-refractivity contribution in [2.45, 2.75) is 52.2 Å². The third-order valence-corrected chi connectivity index (χ3v) is 6.87. The molecule has 35 heavy (non-hydrogen) atoms. The molecular formula is C28H33BrN2O4. The molecule has 0 saturated carbocycles. The molecule has 2 unspecified atom stereocenters. The molecule has 0 bridgehead atoms. The molecule has 6 nitrogen and oxygen atoms in total. The monoisotopic (exact) mass is 540 g/mol. The zero-order valence-electron chi connectivity index (χ0n) is 20.7. The van der Waals surface area contributed by atoms with Gasteiger partial charge in [0.25, 0.3) is 5.91 Å². The number of carbonyl (C=O) groups is 2. The van der Waals surface area contributed by atoms with E-state index < -0.39 is 6.04 Å². The van der Waals surface area contributed by atoms with Crippen molar-refractivity contribution in [3.8, 4) is 11.5 Å². The van der Waals surface area contributed by atoms with Crippen molar-refractivity contribution in [2.75, 3.05) is 13.7 Å². The predicted molar refractivity (Wildman–Crippen MR) is 143 cm³/mol. The second-order valence-electron chi connectivity index (χ2n) is 8.50. The van der Waals surface area contributed by atoms with E-state index in [4.69, 9.17) is 9.47 Å². The summed E-state index contributed by atoms with van der Waals surface area (Å²) in [6.07, 6.45) is 1.29. The van der Waals surface area contributed by atoms with Gasteiger partial charge >= 0.3 is 0 Å². The van der Waals surface area contributed by atoms with Gasteiger partial charge in [-0.1, -0.05) is 56.3 Å². The average molecular weight is 541 g/mol. The van der Waals surface area contributed by atoms with Gasteiger partial charge in [0.05, 0.1) is 11.6 Å². The summed E-state index contributed by atoms with van der Waals surface area (Å²) >= 11 is 3.61. The van der Waals surface area contributed by atoms with Crippen LogP contribution in [-0.2, 0) is 16.1 Å². The van der Waals surface area contributed by atoms with Crippen molar-refractivity contribution >= 4 is 38.5 Å². The Hall–Kier alpha value is -3.06. The van der Waals surface area contributed by atoms with Crippen LogP contribution >= 0.6 is 15.9 Å². The van der Waals surface area contributed by atoms with E-state index in [1.807, 2.05) is 81.4 Å². The van der Waals surface area contributed by atoms with Gasteiger partial charge in [-0.2, -0.15) is 0 Å². The molecular weight excluding hydrogens is 508 g/mol. The molecule has 0 radical (unpaired) electrons. The molecule has 3 aromatic rings. The molecule has 0 aliphatic rings. The number of fused-ring (bicyclic) bond motifs is 1. The van der Waals surface area contributed by atoms with Gasteiger partial charge in [0.1, 0.15) is 17.5 Å². The van der Waals surface area contributed by atoms with Crippen LogP contribution in [0.15, 0.2) is 65.1 Å². The molecule has 0 heterocycles. The van der Waals surface area contributed by atoms with Crippen molar-refractivity contribution in [3.63, 3.8) is 0 Å². The number of benzene rings is 3. The zero-order chi connectivity index (χ0) is 25.4. The minimum atomic E-state index is -0.619. The second-order valence-corrected chi connectivity index (χ2v) is 9.30. The Morgan fingerprint density at radius 1 is 1.03 bits per heavy atom. The van der Waals surface area contributed by atoms with Gasteiger partial charge in [0, 0.05) is 12.6 Å². The van der Waals surface area contributed by atoms with E-state index >= 15 is 0 Å². The maximum atomic E-state index is 13.5. The van der Waals surface area contributed by atoms with Gasteiger partial charge in [-0.3, -0.25) is 9.59 Å². The fourth-order valence-corrected chi connectivity index (χ4v) is 4.48. The van der Waals surface area contributed by atoms with Crippen molar-refractivity contribution < 1.29 is 19.1 Å². The number of nitrogens with one attached hydrogen (secondary N) is 1. The van der Waals surface area contributed by atoms with Crippen LogP contribution in [0.4, 0.5) is 0 Å². The Kier molecular flexibility index (Phi) is 9.55. The van der Waals surface area contributed by atoms with Crippen LogP contribution in [-0.4, -0.2) is 42.5 Å². The lowest BCUT2D eigenvalue weighted by Gasteiger charge is -2.31. The van der Waals surface area contributed by atoms with Crippen LogP contribution in [0.5, 0.6) is 11.5 Å². The van der Waals surface area contributed by atoms with Crippen LogP contribution in [0.2, 0.25) is 0 Å². The molecule has 2 amide bonds. The molecule has 7 heteroatoms. The molecule has 3 aromatic carbocycles. The standard InChI is InChI=1S/C28H33BrN2O4/c1-5-19(3)30-28(33)24(6-2)31(17-20-10-9-12-22(16-20)34-4)26(32)18-35-25-15-14-21-11-7-8-13-23(21)27(25)29/h7-16,19,24H,5-6,17-18H2,1-4H3,(H,30,33). The van der Waals surface area contributed by atoms with Crippen LogP contribution in [0.25, 0.3) is 10.8 Å². The summed E-state index contributed by atoms with van der Waals surface area (Å²) in [6, 6.07) is 18.7. The highest BCUT2D eigenvalue weighted by Gasteiger charge is 2.29.